The summed E-state index contributed by atoms with van der Waals surface area (Å²) in [4.78, 5) is 2.25. The van der Waals surface area contributed by atoms with Crippen LogP contribution in [-0.4, -0.2) is 66.2 Å². The number of hydrogen-bond acceptors (Lipinski definition) is 7. The number of nitrogens with zero attached hydrogens (tertiary/aromatic N) is 5. The second-order valence-corrected chi connectivity index (χ2v) is 9.61. The van der Waals surface area contributed by atoms with Crippen molar-refractivity contribution in [3.63, 3.8) is 0 Å². The first-order chi connectivity index (χ1) is 15.2. The molecule has 0 unspecified atom stereocenters. The molecule has 2 aromatic heterocycles. The molecule has 0 spiro atoms. The van der Waals surface area contributed by atoms with Crippen LogP contribution in [0.2, 0.25) is 0 Å². The predicted molar refractivity (Wildman–Crippen MR) is 125 cm³/mol. The van der Waals surface area contributed by atoms with Gasteiger partial charge in [0.15, 0.2) is 17.1 Å². The van der Waals surface area contributed by atoms with Crippen molar-refractivity contribution < 1.29 is 17.9 Å². The molecule has 0 atom stereocenters. The Morgan fingerprint density at radius 2 is 1.75 bits per heavy atom. The zero-order valence-electron chi connectivity index (χ0n) is 19.0. The van der Waals surface area contributed by atoms with Gasteiger partial charge in [-0.15, -0.1) is 0 Å². The molecule has 0 fully saturated rings. The van der Waals surface area contributed by atoms with Crippen LogP contribution in [0.5, 0.6) is 11.5 Å². The van der Waals surface area contributed by atoms with Gasteiger partial charge in [-0.1, -0.05) is 19.9 Å². The van der Waals surface area contributed by atoms with Gasteiger partial charge >= 0.3 is 0 Å². The van der Waals surface area contributed by atoms with Crippen molar-refractivity contribution in [2.45, 2.75) is 32.0 Å². The number of methoxy groups -OCH3 is 2. The number of pyridine rings is 1. The van der Waals surface area contributed by atoms with Gasteiger partial charge in [0.05, 0.1) is 25.8 Å². The normalized spacial score (nSPS) is 12.1. The molecule has 3 aromatic rings. The van der Waals surface area contributed by atoms with E-state index in [2.05, 4.69) is 10.00 Å². The molecule has 32 heavy (non-hydrogen) atoms. The molecule has 3 rings (SSSR count). The van der Waals surface area contributed by atoms with Crippen molar-refractivity contribution in [3.05, 3.63) is 46.9 Å². The molecule has 0 saturated heterocycles. The Morgan fingerprint density at radius 3 is 2.38 bits per heavy atom. The fraction of sp³-hybridized carbons (Fsp3) is 0.429. The molecule has 1 aromatic carbocycles. The lowest BCUT2D eigenvalue weighted by Gasteiger charge is -2.18. The van der Waals surface area contributed by atoms with E-state index in [9.17, 15) is 8.42 Å². The highest BCUT2D eigenvalue weighted by Crippen LogP contribution is 2.28. The van der Waals surface area contributed by atoms with Crippen LogP contribution in [0.3, 0.4) is 0 Å². The average molecular weight is 480 g/mol. The van der Waals surface area contributed by atoms with Crippen LogP contribution < -0.4 is 9.47 Å². The van der Waals surface area contributed by atoms with Gasteiger partial charge in [0, 0.05) is 25.8 Å². The fourth-order valence-corrected chi connectivity index (χ4v) is 5.23. The van der Waals surface area contributed by atoms with E-state index in [4.69, 9.17) is 21.7 Å². The minimum absolute atomic E-state index is 0.197. The smallest absolute Gasteiger partial charge is 0.244 e. The van der Waals surface area contributed by atoms with Gasteiger partial charge in [-0.25, -0.2) is 13.1 Å². The number of aromatic nitrogens is 3. The average Bonchev–Trinajstić information content (AvgIpc) is 3.08. The molecule has 174 valence electrons. The van der Waals surface area contributed by atoms with E-state index in [0.717, 1.165) is 5.56 Å². The van der Waals surface area contributed by atoms with E-state index in [0.29, 0.717) is 48.2 Å². The van der Waals surface area contributed by atoms with E-state index in [-0.39, 0.29) is 4.90 Å². The molecule has 9 nitrogen and oxygen atoms in total. The molecular formula is C21H29N5O4S2. The molecule has 0 aliphatic carbocycles. The first-order valence-corrected chi connectivity index (χ1v) is 12.1. The Morgan fingerprint density at radius 1 is 1.06 bits per heavy atom. The summed E-state index contributed by atoms with van der Waals surface area (Å²) in [5, 5.41) is 4.54. The van der Waals surface area contributed by atoms with Crippen LogP contribution in [-0.2, 0) is 23.2 Å². The van der Waals surface area contributed by atoms with Gasteiger partial charge in [0.2, 0.25) is 14.8 Å². The molecule has 0 bridgehead atoms. The van der Waals surface area contributed by atoms with Crippen LogP contribution in [0.1, 0.15) is 19.4 Å². The zero-order valence-corrected chi connectivity index (χ0v) is 20.6. The first kappa shape index (κ1) is 24.2. The van der Waals surface area contributed by atoms with E-state index in [1.54, 1.807) is 41.6 Å². The van der Waals surface area contributed by atoms with Crippen LogP contribution in [0, 0.1) is 4.77 Å². The SMILES string of the molecule is CCN(CC)S(=O)(=O)c1ccc2nn(CN(C)Cc3ccc(OC)c(OC)c3)c(=S)n2c1. The summed E-state index contributed by atoms with van der Waals surface area (Å²) in [6.45, 7) is 5.52. The zero-order chi connectivity index (χ0) is 23.5. The van der Waals surface area contributed by atoms with Crippen LogP contribution >= 0.6 is 12.2 Å². The van der Waals surface area contributed by atoms with Crippen LogP contribution in [0.4, 0.5) is 0 Å². The summed E-state index contributed by atoms with van der Waals surface area (Å²) in [5.41, 5.74) is 1.64. The molecular weight excluding hydrogens is 450 g/mol. The van der Waals surface area contributed by atoms with Gasteiger partial charge in [-0.3, -0.25) is 9.30 Å². The van der Waals surface area contributed by atoms with Crippen molar-refractivity contribution in [1.82, 2.24) is 23.4 Å². The molecule has 0 radical (unpaired) electrons. The maximum absolute atomic E-state index is 12.9. The molecule has 11 heteroatoms. The minimum Gasteiger partial charge on any atom is -0.493 e. The van der Waals surface area contributed by atoms with Crippen molar-refractivity contribution in [3.8, 4) is 11.5 Å². The van der Waals surface area contributed by atoms with E-state index >= 15 is 0 Å². The lowest BCUT2D eigenvalue weighted by atomic mass is 10.2. The lowest BCUT2D eigenvalue weighted by molar-refractivity contribution is 0.244. The maximum atomic E-state index is 12.9. The van der Waals surface area contributed by atoms with Crippen molar-refractivity contribution in [2.24, 2.45) is 0 Å². The molecule has 0 aliphatic heterocycles. The second-order valence-electron chi connectivity index (χ2n) is 7.31. The summed E-state index contributed by atoms with van der Waals surface area (Å²) in [5.74, 6) is 1.35. The fourth-order valence-electron chi connectivity index (χ4n) is 3.53. The number of sulfonamides is 1. The number of fused-ring (bicyclic) bond motifs is 1. The van der Waals surface area contributed by atoms with Crippen molar-refractivity contribution in [1.29, 1.82) is 0 Å². The van der Waals surface area contributed by atoms with Gasteiger partial charge in [0.25, 0.3) is 0 Å². The Labute approximate surface area is 193 Å². The number of hydrogen-bond donors (Lipinski definition) is 0. The van der Waals surface area contributed by atoms with Gasteiger partial charge in [-0.05, 0) is 49.1 Å². The topological polar surface area (TPSA) is 81.3 Å². The highest BCUT2D eigenvalue weighted by molar-refractivity contribution is 7.89. The number of benzene rings is 1. The summed E-state index contributed by atoms with van der Waals surface area (Å²) in [7, 11) is 1.59. The number of rotatable bonds is 10. The van der Waals surface area contributed by atoms with E-state index < -0.39 is 10.0 Å². The van der Waals surface area contributed by atoms with Gasteiger partial charge in [0.1, 0.15) is 0 Å². The Hall–Kier alpha value is -2.47. The van der Waals surface area contributed by atoms with Crippen molar-refractivity contribution in [2.75, 3.05) is 34.4 Å². The highest BCUT2D eigenvalue weighted by atomic mass is 32.2. The second kappa shape index (κ2) is 9.99. The highest BCUT2D eigenvalue weighted by Gasteiger charge is 2.22. The van der Waals surface area contributed by atoms with Gasteiger partial charge < -0.3 is 9.47 Å². The van der Waals surface area contributed by atoms with E-state index in [1.807, 2.05) is 39.1 Å². The lowest BCUT2D eigenvalue weighted by Crippen LogP contribution is -2.30. The minimum atomic E-state index is -3.58. The summed E-state index contributed by atoms with van der Waals surface area (Å²) in [6, 6.07) is 9.03. The third-order valence-electron chi connectivity index (χ3n) is 5.17. The summed E-state index contributed by atoms with van der Waals surface area (Å²) in [6.07, 6.45) is 1.54. The molecule has 0 N–H and O–H groups in total. The maximum Gasteiger partial charge on any atom is 0.244 e. The summed E-state index contributed by atoms with van der Waals surface area (Å²) >= 11 is 5.58. The van der Waals surface area contributed by atoms with Crippen LogP contribution in [0.15, 0.2) is 41.4 Å². The molecule has 0 aliphatic rings. The summed E-state index contributed by atoms with van der Waals surface area (Å²) < 4.78 is 41.5. The first-order valence-electron chi connectivity index (χ1n) is 10.2. The number of ether oxygens (including phenoxy) is 2. The third kappa shape index (κ3) is 4.80. The predicted octanol–water partition coefficient (Wildman–Crippen LogP) is 3.00. The Bertz CT molecular complexity index is 1250. The largest absolute Gasteiger partial charge is 0.493 e. The van der Waals surface area contributed by atoms with E-state index in [1.165, 1.54) is 4.31 Å². The van der Waals surface area contributed by atoms with Crippen molar-refractivity contribution >= 4 is 27.9 Å². The third-order valence-corrected chi connectivity index (χ3v) is 7.61. The standard InChI is InChI=1S/C21H29N5O4S2/c1-6-24(7-2)32(27,28)17-9-11-20-22-26(21(31)25(20)14-17)15-23(3)13-16-8-10-18(29-4)19(12-16)30-5/h8-12,14H,6-7,13,15H2,1-5H3. The molecule has 2 heterocycles. The Balaban J connectivity index is 1.84. The van der Waals surface area contributed by atoms with Gasteiger partial charge in [-0.2, -0.15) is 9.40 Å². The quantitative estimate of drug-likeness (QED) is 0.414. The Kier molecular flexibility index (Phi) is 7.55. The van der Waals surface area contributed by atoms with Crippen LogP contribution in [0.25, 0.3) is 5.65 Å². The molecule has 0 amide bonds. The monoisotopic (exact) mass is 479 g/mol. The molecule has 0 saturated carbocycles.